The number of hydrogen-bond donors (Lipinski definition) is 1. The molecule has 2 atom stereocenters. The van der Waals surface area contributed by atoms with Crippen LogP contribution in [0.15, 0.2) is 0 Å². The van der Waals surface area contributed by atoms with Gasteiger partial charge in [0.05, 0.1) is 13.5 Å². The predicted octanol–water partition coefficient (Wildman–Crippen LogP) is 2.98. The quantitative estimate of drug-likeness (QED) is 0.696. The van der Waals surface area contributed by atoms with Crippen LogP contribution in [0.5, 0.6) is 0 Å². The molecule has 0 heterocycles. The maximum absolute atomic E-state index is 11.4. The summed E-state index contributed by atoms with van der Waals surface area (Å²) in [5.41, 5.74) is 0.273. The molecular formula is C15H27NO2S. The molecule has 0 aromatic carbocycles. The van der Waals surface area contributed by atoms with E-state index < -0.39 is 0 Å². The fraction of sp³-hybridized carbons (Fsp3) is 0.933. The van der Waals surface area contributed by atoms with Gasteiger partial charge >= 0.3 is 5.97 Å². The largest absolute Gasteiger partial charge is 0.469 e. The number of ether oxygens (including phenoxy) is 1. The Hall–Kier alpha value is -0.220. The highest BCUT2D eigenvalue weighted by atomic mass is 32.2. The van der Waals surface area contributed by atoms with Crippen molar-refractivity contribution in [3.05, 3.63) is 0 Å². The molecule has 4 heteroatoms. The van der Waals surface area contributed by atoms with Crippen LogP contribution in [-0.4, -0.2) is 36.7 Å². The minimum Gasteiger partial charge on any atom is -0.469 e. The van der Waals surface area contributed by atoms with E-state index in [1.165, 1.54) is 45.6 Å². The van der Waals surface area contributed by atoms with Gasteiger partial charge in [0.15, 0.2) is 0 Å². The third-order valence-electron chi connectivity index (χ3n) is 4.42. The van der Waals surface area contributed by atoms with Gasteiger partial charge in [0.25, 0.3) is 0 Å². The van der Waals surface area contributed by atoms with Crippen molar-refractivity contribution in [2.24, 2.45) is 5.41 Å². The lowest BCUT2D eigenvalue weighted by atomic mass is 10.1. The first-order valence-electron chi connectivity index (χ1n) is 7.61. The topological polar surface area (TPSA) is 38.3 Å². The van der Waals surface area contributed by atoms with Crippen LogP contribution < -0.4 is 5.32 Å². The van der Waals surface area contributed by atoms with Crippen LogP contribution in [0.3, 0.4) is 0 Å². The zero-order valence-corrected chi connectivity index (χ0v) is 13.1. The molecule has 3 nitrogen and oxygen atoms in total. The molecule has 2 saturated carbocycles. The van der Waals surface area contributed by atoms with E-state index in [1.54, 1.807) is 0 Å². The van der Waals surface area contributed by atoms with Crippen molar-refractivity contribution >= 4 is 17.7 Å². The molecule has 0 aromatic heterocycles. The average Bonchev–Trinajstić information content (AvgIpc) is 3.02. The van der Waals surface area contributed by atoms with Crippen LogP contribution in [0, 0.1) is 5.41 Å². The van der Waals surface area contributed by atoms with E-state index >= 15 is 0 Å². The van der Waals surface area contributed by atoms with Crippen LogP contribution in [0.25, 0.3) is 0 Å². The molecule has 2 aliphatic carbocycles. The van der Waals surface area contributed by atoms with Gasteiger partial charge in [0, 0.05) is 11.3 Å². The van der Waals surface area contributed by atoms with Gasteiger partial charge in [-0.2, -0.15) is 11.8 Å². The number of rotatable bonds is 8. The van der Waals surface area contributed by atoms with Crippen molar-refractivity contribution in [1.82, 2.24) is 5.32 Å². The Labute approximate surface area is 121 Å². The van der Waals surface area contributed by atoms with Gasteiger partial charge in [-0.15, -0.1) is 0 Å². The Morgan fingerprint density at radius 2 is 2.21 bits per heavy atom. The third-order valence-corrected chi connectivity index (χ3v) is 6.19. The van der Waals surface area contributed by atoms with E-state index in [2.05, 4.69) is 24.0 Å². The highest BCUT2D eigenvalue weighted by molar-refractivity contribution is 8.00. The lowest BCUT2D eigenvalue weighted by Gasteiger charge is -2.23. The zero-order valence-electron chi connectivity index (χ0n) is 12.2. The summed E-state index contributed by atoms with van der Waals surface area (Å²) in [6, 6.07) is 0.693. The third kappa shape index (κ3) is 4.38. The Morgan fingerprint density at radius 1 is 1.42 bits per heavy atom. The molecule has 0 aliphatic heterocycles. The van der Waals surface area contributed by atoms with Crippen LogP contribution in [0.2, 0.25) is 0 Å². The average molecular weight is 285 g/mol. The lowest BCUT2D eigenvalue weighted by Crippen LogP contribution is -2.35. The number of nitrogens with one attached hydrogen (secondary N) is 1. The monoisotopic (exact) mass is 285 g/mol. The van der Waals surface area contributed by atoms with Gasteiger partial charge in [-0.05, 0) is 49.8 Å². The van der Waals surface area contributed by atoms with Crippen LogP contribution in [0.1, 0.15) is 51.9 Å². The number of methoxy groups -OCH3 is 1. The Kier molecular flexibility index (Phi) is 5.58. The minimum atomic E-state index is -0.0369. The molecule has 2 unspecified atom stereocenters. The molecule has 19 heavy (non-hydrogen) atoms. The number of thioether (sulfide) groups is 1. The van der Waals surface area contributed by atoms with Crippen LogP contribution >= 0.6 is 11.8 Å². The molecule has 2 fully saturated rings. The fourth-order valence-corrected chi connectivity index (χ4v) is 4.66. The predicted molar refractivity (Wildman–Crippen MR) is 80.5 cm³/mol. The maximum atomic E-state index is 11.4. The summed E-state index contributed by atoms with van der Waals surface area (Å²) in [6.45, 7) is 3.36. The second-order valence-corrected chi connectivity index (χ2v) is 7.32. The molecule has 0 spiro atoms. The molecule has 0 saturated heterocycles. The number of carbonyl (C=O) groups is 1. The first-order chi connectivity index (χ1) is 9.19. The fourth-order valence-electron chi connectivity index (χ4n) is 2.90. The summed E-state index contributed by atoms with van der Waals surface area (Å²) in [6.07, 6.45) is 8.24. The van der Waals surface area contributed by atoms with Crippen molar-refractivity contribution in [1.29, 1.82) is 0 Å². The van der Waals surface area contributed by atoms with Crippen molar-refractivity contribution in [3.63, 3.8) is 0 Å². The lowest BCUT2D eigenvalue weighted by molar-refractivity contribution is -0.141. The molecule has 2 aliphatic rings. The van der Waals surface area contributed by atoms with Crippen molar-refractivity contribution in [3.8, 4) is 0 Å². The van der Waals surface area contributed by atoms with E-state index in [9.17, 15) is 4.79 Å². The highest BCUT2D eigenvalue weighted by Gasteiger charge is 2.45. The van der Waals surface area contributed by atoms with Gasteiger partial charge in [0.2, 0.25) is 0 Å². The maximum Gasteiger partial charge on any atom is 0.306 e. The molecular weight excluding hydrogens is 258 g/mol. The first-order valence-corrected chi connectivity index (χ1v) is 8.66. The van der Waals surface area contributed by atoms with Crippen LogP contribution in [-0.2, 0) is 9.53 Å². The van der Waals surface area contributed by atoms with E-state index in [4.69, 9.17) is 4.74 Å². The number of hydrogen-bond acceptors (Lipinski definition) is 4. The molecule has 0 amide bonds. The molecule has 0 radical (unpaired) electrons. The van der Waals surface area contributed by atoms with Gasteiger partial charge < -0.3 is 10.1 Å². The van der Waals surface area contributed by atoms with E-state index in [0.717, 1.165) is 17.5 Å². The molecule has 2 rings (SSSR count). The summed E-state index contributed by atoms with van der Waals surface area (Å²) in [5, 5.41) is 4.43. The summed E-state index contributed by atoms with van der Waals surface area (Å²) in [5.74, 6) is 1.10. The van der Waals surface area contributed by atoms with Crippen molar-refractivity contribution in [2.45, 2.75) is 63.2 Å². The summed E-state index contributed by atoms with van der Waals surface area (Å²) >= 11 is 2.09. The second kappa shape index (κ2) is 6.98. The molecule has 0 bridgehead atoms. The molecule has 0 aromatic rings. The molecule has 110 valence electrons. The highest BCUT2D eigenvalue weighted by Crippen LogP contribution is 2.52. The number of esters is 1. The smallest absolute Gasteiger partial charge is 0.306 e. The molecule has 1 N–H and O–H groups in total. The SMILES string of the molecule is CCCNC1CCCC1SCC1(CC(=O)OC)CC1. The van der Waals surface area contributed by atoms with E-state index in [-0.39, 0.29) is 11.4 Å². The summed E-state index contributed by atoms with van der Waals surface area (Å²) in [7, 11) is 1.49. The van der Waals surface area contributed by atoms with Gasteiger partial charge in [0.1, 0.15) is 0 Å². The van der Waals surface area contributed by atoms with E-state index in [0.29, 0.717) is 12.5 Å². The van der Waals surface area contributed by atoms with E-state index in [1.807, 2.05) is 0 Å². The van der Waals surface area contributed by atoms with Crippen molar-refractivity contribution < 1.29 is 9.53 Å². The Balaban J connectivity index is 1.73. The second-order valence-electron chi connectivity index (χ2n) is 6.09. The minimum absolute atomic E-state index is 0.0369. The van der Waals surface area contributed by atoms with Gasteiger partial charge in [-0.1, -0.05) is 13.3 Å². The first kappa shape index (κ1) is 15.2. The van der Waals surface area contributed by atoms with Crippen LogP contribution in [0.4, 0.5) is 0 Å². The number of carbonyl (C=O) groups excluding carboxylic acids is 1. The standard InChI is InChI=1S/C15H27NO2S/c1-3-9-16-12-5-4-6-13(12)19-11-15(7-8-15)10-14(17)18-2/h12-13,16H,3-11H2,1-2H3. The normalized spacial score (nSPS) is 28.3. The van der Waals surface area contributed by atoms with Gasteiger partial charge in [-0.25, -0.2) is 0 Å². The summed E-state index contributed by atoms with van der Waals surface area (Å²) < 4.78 is 4.81. The van der Waals surface area contributed by atoms with Gasteiger partial charge in [-0.3, -0.25) is 4.79 Å². The Bertz CT molecular complexity index is 305. The summed E-state index contributed by atoms with van der Waals surface area (Å²) in [4.78, 5) is 11.4. The van der Waals surface area contributed by atoms with Crippen molar-refractivity contribution in [2.75, 3.05) is 19.4 Å². The Morgan fingerprint density at radius 3 is 2.84 bits per heavy atom. The zero-order chi connectivity index (χ0) is 13.7.